The molecule has 8 heteroatoms. The van der Waals surface area contributed by atoms with E-state index in [-0.39, 0.29) is 6.54 Å². The van der Waals surface area contributed by atoms with Crippen molar-refractivity contribution >= 4 is 10.0 Å². The number of halogens is 1. The Hall–Kier alpha value is -1.80. The Labute approximate surface area is 110 Å². The first-order chi connectivity index (χ1) is 8.99. The Morgan fingerprint density at radius 1 is 1.42 bits per heavy atom. The summed E-state index contributed by atoms with van der Waals surface area (Å²) in [4.78, 5) is 3.53. The SMILES string of the molecule is Cn1ccc(CCNS(=O)(=O)c2ncccc2F)n1. The Morgan fingerprint density at radius 2 is 2.21 bits per heavy atom. The van der Waals surface area contributed by atoms with Gasteiger partial charge >= 0.3 is 0 Å². The van der Waals surface area contributed by atoms with Crippen molar-refractivity contribution < 1.29 is 12.8 Å². The van der Waals surface area contributed by atoms with Crippen molar-refractivity contribution in [2.75, 3.05) is 6.54 Å². The molecule has 0 bridgehead atoms. The summed E-state index contributed by atoms with van der Waals surface area (Å²) in [5.41, 5.74) is 0.756. The van der Waals surface area contributed by atoms with Crippen LogP contribution in [0.2, 0.25) is 0 Å². The summed E-state index contributed by atoms with van der Waals surface area (Å²) in [7, 11) is -2.15. The van der Waals surface area contributed by atoms with Gasteiger partial charge < -0.3 is 0 Å². The minimum absolute atomic E-state index is 0.134. The molecule has 6 nitrogen and oxygen atoms in total. The molecule has 2 rings (SSSR count). The zero-order valence-corrected chi connectivity index (χ0v) is 11.1. The van der Waals surface area contributed by atoms with Crippen LogP contribution in [0, 0.1) is 5.82 Å². The van der Waals surface area contributed by atoms with E-state index in [4.69, 9.17) is 0 Å². The smallest absolute Gasteiger partial charge is 0.261 e. The van der Waals surface area contributed by atoms with Crippen molar-refractivity contribution in [3.63, 3.8) is 0 Å². The van der Waals surface area contributed by atoms with Crippen molar-refractivity contribution in [3.05, 3.63) is 42.1 Å². The number of nitrogens with zero attached hydrogens (tertiary/aromatic N) is 3. The van der Waals surface area contributed by atoms with Gasteiger partial charge in [0.2, 0.25) is 5.03 Å². The molecular formula is C11H13FN4O2S. The summed E-state index contributed by atoms with van der Waals surface area (Å²) in [5.74, 6) is -0.868. The molecule has 0 unspecified atom stereocenters. The summed E-state index contributed by atoms with van der Waals surface area (Å²) in [6.07, 6.45) is 3.42. The summed E-state index contributed by atoms with van der Waals surface area (Å²) >= 11 is 0. The first-order valence-corrected chi connectivity index (χ1v) is 7.06. The molecule has 0 spiro atoms. The van der Waals surface area contributed by atoms with E-state index in [9.17, 15) is 12.8 Å². The predicted molar refractivity (Wildman–Crippen MR) is 66.3 cm³/mol. The lowest BCUT2D eigenvalue weighted by Crippen LogP contribution is -2.27. The quantitative estimate of drug-likeness (QED) is 0.866. The van der Waals surface area contributed by atoms with Gasteiger partial charge in [0.05, 0.1) is 5.69 Å². The average Bonchev–Trinajstić information content (AvgIpc) is 2.75. The molecule has 0 aliphatic carbocycles. The standard InChI is InChI=1S/C11H13FN4O2S/c1-16-8-5-9(15-16)4-7-14-19(17,18)11-10(12)3-2-6-13-11/h2-3,5-6,8,14H,4,7H2,1H3. The highest BCUT2D eigenvalue weighted by Gasteiger charge is 2.19. The van der Waals surface area contributed by atoms with Gasteiger partial charge in [-0.2, -0.15) is 5.10 Å². The molecular weight excluding hydrogens is 271 g/mol. The minimum atomic E-state index is -3.92. The number of aromatic nitrogens is 3. The van der Waals surface area contributed by atoms with Crippen LogP contribution in [0.15, 0.2) is 35.6 Å². The topological polar surface area (TPSA) is 76.9 Å². The van der Waals surface area contributed by atoms with E-state index in [0.717, 1.165) is 11.8 Å². The molecule has 2 heterocycles. The summed E-state index contributed by atoms with van der Waals surface area (Å²) in [6.45, 7) is 0.134. The van der Waals surface area contributed by atoms with Crippen molar-refractivity contribution in [2.45, 2.75) is 11.4 Å². The van der Waals surface area contributed by atoms with Gasteiger partial charge in [-0.25, -0.2) is 22.5 Å². The fourth-order valence-electron chi connectivity index (χ4n) is 1.55. The molecule has 1 N–H and O–H groups in total. The number of hydrogen-bond acceptors (Lipinski definition) is 4. The molecule has 0 saturated heterocycles. The molecule has 102 valence electrons. The van der Waals surface area contributed by atoms with Gasteiger partial charge in [0.25, 0.3) is 10.0 Å². The van der Waals surface area contributed by atoms with Gasteiger partial charge in [-0.15, -0.1) is 0 Å². The minimum Gasteiger partial charge on any atom is -0.276 e. The summed E-state index contributed by atoms with van der Waals surface area (Å²) in [5, 5.41) is 3.53. The van der Waals surface area contributed by atoms with Crippen LogP contribution in [-0.2, 0) is 23.5 Å². The molecule has 0 saturated carbocycles. The zero-order chi connectivity index (χ0) is 13.9. The van der Waals surface area contributed by atoms with Crippen molar-refractivity contribution in [2.24, 2.45) is 7.05 Å². The summed E-state index contributed by atoms with van der Waals surface area (Å²) in [6, 6.07) is 4.18. The van der Waals surface area contributed by atoms with Crippen molar-refractivity contribution in [1.29, 1.82) is 0 Å². The van der Waals surface area contributed by atoms with E-state index in [0.29, 0.717) is 6.42 Å². The maximum atomic E-state index is 13.3. The number of hydrogen-bond donors (Lipinski definition) is 1. The van der Waals surface area contributed by atoms with Gasteiger partial charge in [-0.3, -0.25) is 4.68 Å². The molecule has 2 aromatic rings. The number of sulfonamides is 1. The highest BCUT2D eigenvalue weighted by atomic mass is 32.2. The Morgan fingerprint density at radius 3 is 2.84 bits per heavy atom. The third-order valence-corrected chi connectivity index (χ3v) is 3.81. The van der Waals surface area contributed by atoms with Crippen LogP contribution < -0.4 is 4.72 Å². The molecule has 0 atom stereocenters. The van der Waals surface area contributed by atoms with Gasteiger partial charge in [0, 0.05) is 32.4 Å². The molecule has 0 aromatic carbocycles. The van der Waals surface area contributed by atoms with Gasteiger partial charge in [-0.05, 0) is 18.2 Å². The van der Waals surface area contributed by atoms with E-state index >= 15 is 0 Å². The van der Waals surface area contributed by atoms with Crippen molar-refractivity contribution in [1.82, 2.24) is 19.5 Å². The Bertz CT molecular complexity index is 669. The molecule has 0 aliphatic heterocycles. The first kappa shape index (κ1) is 13.6. The third-order valence-electron chi connectivity index (χ3n) is 2.42. The monoisotopic (exact) mass is 284 g/mol. The fraction of sp³-hybridized carbons (Fsp3) is 0.273. The maximum Gasteiger partial charge on any atom is 0.261 e. The van der Waals surface area contributed by atoms with Crippen LogP contribution in [-0.4, -0.2) is 29.7 Å². The van der Waals surface area contributed by atoms with E-state index in [1.807, 2.05) is 0 Å². The fourth-order valence-corrected chi connectivity index (χ4v) is 2.58. The highest BCUT2D eigenvalue weighted by Crippen LogP contribution is 2.09. The van der Waals surface area contributed by atoms with Gasteiger partial charge in [-0.1, -0.05) is 0 Å². The van der Waals surface area contributed by atoms with Gasteiger partial charge in [0.1, 0.15) is 0 Å². The number of aryl methyl sites for hydroxylation is 1. The van der Waals surface area contributed by atoms with Crippen LogP contribution >= 0.6 is 0 Å². The lowest BCUT2D eigenvalue weighted by atomic mass is 10.3. The second-order valence-corrected chi connectivity index (χ2v) is 5.60. The van der Waals surface area contributed by atoms with Crippen LogP contribution in [0.5, 0.6) is 0 Å². The predicted octanol–water partition coefficient (Wildman–Crippen LogP) is 0.475. The largest absolute Gasteiger partial charge is 0.276 e. The maximum absolute atomic E-state index is 13.3. The second kappa shape index (κ2) is 5.45. The highest BCUT2D eigenvalue weighted by molar-refractivity contribution is 7.89. The molecule has 0 fully saturated rings. The first-order valence-electron chi connectivity index (χ1n) is 5.58. The normalized spacial score (nSPS) is 11.7. The van der Waals surface area contributed by atoms with Crippen LogP contribution in [0.1, 0.15) is 5.69 Å². The second-order valence-electron chi connectivity index (χ2n) is 3.92. The third kappa shape index (κ3) is 3.36. The van der Waals surface area contributed by atoms with E-state index in [2.05, 4.69) is 14.8 Å². The van der Waals surface area contributed by atoms with E-state index < -0.39 is 20.9 Å². The van der Waals surface area contributed by atoms with Crippen LogP contribution in [0.25, 0.3) is 0 Å². The lowest BCUT2D eigenvalue weighted by molar-refractivity contribution is 0.544. The molecule has 0 amide bonds. The Kier molecular flexibility index (Phi) is 3.91. The number of pyridine rings is 1. The van der Waals surface area contributed by atoms with Gasteiger partial charge in [0.15, 0.2) is 5.82 Å². The van der Waals surface area contributed by atoms with Crippen molar-refractivity contribution in [3.8, 4) is 0 Å². The van der Waals surface area contributed by atoms with Crippen LogP contribution in [0.3, 0.4) is 0 Å². The molecule has 2 aromatic heterocycles. The van der Waals surface area contributed by atoms with E-state index in [1.165, 1.54) is 12.3 Å². The summed E-state index contributed by atoms with van der Waals surface area (Å²) < 4.78 is 40.9. The zero-order valence-electron chi connectivity index (χ0n) is 10.2. The Balaban J connectivity index is 2.01. The lowest BCUT2D eigenvalue weighted by Gasteiger charge is -2.05. The van der Waals surface area contributed by atoms with E-state index in [1.54, 1.807) is 24.0 Å². The molecule has 0 radical (unpaired) electrons. The molecule has 19 heavy (non-hydrogen) atoms. The average molecular weight is 284 g/mol. The number of rotatable bonds is 5. The van der Waals surface area contributed by atoms with Crippen LogP contribution in [0.4, 0.5) is 4.39 Å². The number of nitrogens with one attached hydrogen (secondary N) is 1. The molecule has 0 aliphatic rings.